The number of thiophene rings is 1. The maximum atomic E-state index is 13.3. The fraction of sp³-hybridized carbons (Fsp3) is 0.154. The van der Waals surface area contributed by atoms with Crippen LogP contribution in [-0.2, 0) is 6.54 Å². The first-order valence-corrected chi connectivity index (χ1v) is 6.39. The molecule has 0 aliphatic carbocycles. The van der Waals surface area contributed by atoms with E-state index in [9.17, 15) is 13.6 Å². The molecule has 0 atom stereocenters. The first-order chi connectivity index (χ1) is 8.99. The molecule has 0 aliphatic rings. The first-order valence-electron chi connectivity index (χ1n) is 5.51. The molecule has 0 aliphatic heterocycles. The van der Waals surface area contributed by atoms with E-state index in [-0.39, 0.29) is 5.56 Å². The number of carbonyl (C=O) groups excluding carboxylic acids is 1. The summed E-state index contributed by atoms with van der Waals surface area (Å²) in [4.78, 5) is 14.4. The molecule has 0 spiro atoms. The van der Waals surface area contributed by atoms with Gasteiger partial charge in [0.1, 0.15) is 17.3 Å². The van der Waals surface area contributed by atoms with Crippen LogP contribution in [0.4, 0.5) is 14.5 Å². The predicted octanol–water partition coefficient (Wildman–Crippen LogP) is 2.88. The molecule has 3 nitrogen and oxygen atoms in total. The smallest absolute Gasteiger partial charge is 0.254 e. The lowest BCUT2D eigenvalue weighted by Gasteiger charge is -2.16. The Morgan fingerprint density at radius 2 is 2.00 bits per heavy atom. The van der Waals surface area contributed by atoms with Crippen LogP contribution in [0.2, 0.25) is 0 Å². The summed E-state index contributed by atoms with van der Waals surface area (Å²) in [6.45, 7) is 0.393. The Morgan fingerprint density at radius 1 is 1.37 bits per heavy atom. The number of nitrogens with zero attached hydrogens (tertiary/aromatic N) is 1. The summed E-state index contributed by atoms with van der Waals surface area (Å²) in [6.07, 6.45) is 0. The lowest BCUT2D eigenvalue weighted by atomic mass is 10.1. The Hall–Kier alpha value is -1.95. The second-order valence-corrected chi connectivity index (χ2v) is 5.13. The minimum atomic E-state index is -0.923. The summed E-state index contributed by atoms with van der Waals surface area (Å²) in [7, 11) is 1.58. The number of rotatable bonds is 3. The van der Waals surface area contributed by atoms with Crippen LogP contribution in [0.5, 0.6) is 0 Å². The fourth-order valence-electron chi connectivity index (χ4n) is 1.64. The van der Waals surface area contributed by atoms with E-state index in [1.165, 1.54) is 16.2 Å². The maximum Gasteiger partial charge on any atom is 0.254 e. The van der Waals surface area contributed by atoms with Gasteiger partial charge >= 0.3 is 0 Å². The number of nitrogens with two attached hydrogens (primary N) is 1. The SMILES string of the molecule is CN(Cc1cccs1)C(=O)c1cc(F)c(N)c(F)c1. The highest BCUT2D eigenvalue weighted by Crippen LogP contribution is 2.19. The summed E-state index contributed by atoms with van der Waals surface area (Å²) >= 11 is 1.51. The predicted molar refractivity (Wildman–Crippen MR) is 70.9 cm³/mol. The summed E-state index contributed by atoms with van der Waals surface area (Å²) in [6, 6.07) is 5.66. The molecular weight excluding hydrogens is 270 g/mol. The molecule has 0 radical (unpaired) electrons. The second kappa shape index (κ2) is 5.36. The zero-order chi connectivity index (χ0) is 14.0. The average molecular weight is 282 g/mol. The zero-order valence-electron chi connectivity index (χ0n) is 10.2. The zero-order valence-corrected chi connectivity index (χ0v) is 11.0. The fourth-order valence-corrected chi connectivity index (χ4v) is 2.39. The van der Waals surface area contributed by atoms with E-state index >= 15 is 0 Å². The van der Waals surface area contributed by atoms with Crippen LogP contribution >= 0.6 is 11.3 Å². The molecule has 0 fully saturated rings. The third-order valence-electron chi connectivity index (χ3n) is 2.65. The minimum Gasteiger partial charge on any atom is -0.394 e. The monoisotopic (exact) mass is 282 g/mol. The molecular formula is C13H12F2N2OS. The normalized spacial score (nSPS) is 10.5. The number of amides is 1. The Balaban J connectivity index is 2.19. The molecule has 2 rings (SSSR count). The van der Waals surface area contributed by atoms with Crippen molar-refractivity contribution in [1.29, 1.82) is 0 Å². The molecule has 1 aromatic heterocycles. The highest BCUT2D eigenvalue weighted by Gasteiger charge is 2.16. The van der Waals surface area contributed by atoms with E-state index in [1.807, 2.05) is 17.5 Å². The number of hydrogen-bond donors (Lipinski definition) is 1. The number of benzene rings is 1. The number of halogens is 2. The van der Waals surface area contributed by atoms with Crippen LogP contribution in [-0.4, -0.2) is 17.9 Å². The highest BCUT2D eigenvalue weighted by atomic mass is 32.1. The van der Waals surface area contributed by atoms with Crippen LogP contribution in [0, 0.1) is 11.6 Å². The van der Waals surface area contributed by atoms with Crippen LogP contribution in [0.1, 0.15) is 15.2 Å². The highest BCUT2D eigenvalue weighted by molar-refractivity contribution is 7.09. The molecule has 2 N–H and O–H groups in total. The van der Waals surface area contributed by atoms with Gasteiger partial charge in [-0.15, -0.1) is 11.3 Å². The molecule has 0 bridgehead atoms. The van der Waals surface area contributed by atoms with Gasteiger partial charge in [-0.2, -0.15) is 0 Å². The van der Waals surface area contributed by atoms with Gasteiger partial charge in [-0.1, -0.05) is 6.07 Å². The molecule has 1 heterocycles. The topological polar surface area (TPSA) is 46.3 Å². The second-order valence-electron chi connectivity index (χ2n) is 4.09. The van der Waals surface area contributed by atoms with Gasteiger partial charge in [-0.3, -0.25) is 4.79 Å². The van der Waals surface area contributed by atoms with E-state index in [0.29, 0.717) is 6.54 Å². The Morgan fingerprint density at radius 3 is 2.53 bits per heavy atom. The van der Waals surface area contributed by atoms with Crippen molar-refractivity contribution in [1.82, 2.24) is 4.90 Å². The molecule has 0 saturated carbocycles. The molecule has 0 saturated heterocycles. The molecule has 1 amide bonds. The van der Waals surface area contributed by atoms with Crippen molar-refractivity contribution in [3.05, 3.63) is 51.7 Å². The van der Waals surface area contributed by atoms with Crippen LogP contribution < -0.4 is 5.73 Å². The Bertz CT molecular complexity index is 576. The lowest BCUT2D eigenvalue weighted by Crippen LogP contribution is -2.26. The van der Waals surface area contributed by atoms with Gasteiger partial charge in [-0.25, -0.2) is 8.78 Å². The summed E-state index contributed by atoms with van der Waals surface area (Å²) < 4.78 is 26.6. The lowest BCUT2D eigenvalue weighted by molar-refractivity contribution is 0.0785. The maximum absolute atomic E-state index is 13.3. The Labute approximate surface area is 113 Å². The van der Waals surface area contributed by atoms with Gasteiger partial charge in [0.05, 0.1) is 6.54 Å². The number of hydrogen-bond acceptors (Lipinski definition) is 3. The molecule has 1 aromatic carbocycles. The van der Waals surface area contributed by atoms with Gasteiger partial charge in [0.2, 0.25) is 0 Å². The van der Waals surface area contributed by atoms with Crippen molar-refractivity contribution in [2.45, 2.75) is 6.54 Å². The molecule has 19 heavy (non-hydrogen) atoms. The van der Waals surface area contributed by atoms with Gasteiger partial charge in [0.25, 0.3) is 5.91 Å². The van der Waals surface area contributed by atoms with Crippen LogP contribution in [0.15, 0.2) is 29.6 Å². The summed E-state index contributed by atoms with van der Waals surface area (Å²) in [5.41, 5.74) is 4.54. The molecule has 6 heteroatoms. The third-order valence-corrected chi connectivity index (χ3v) is 3.51. The molecule has 2 aromatic rings. The largest absolute Gasteiger partial charge is 0.394 e. The summed E-state index contributed by atoms with van der Waals surface area (Å²) in [5, 5.41) is 1.90. The average Bonchev–Trinajstić information content (AvgIpc) is 2.87. The molecule has 100 valence electrons. The number of carbonyl (C=O) groups is 1. The van der Waals surface area contributed by atoms with Crippen molar-refractivity contribution in [2.75, 3.05) is 12.8 Å². The third kappa shape index (κ3) is 2.90. The summed E-state index contributed by atoms with van der Waals surface area (Å²) in [5.74, 6) is -2.30. The number of anilines is 1. The van der Waals surface area contributed by atoms with Gasteiger partial charge in [0, 0.05) is 17.5 Å². The van der Waals surface area contributed by atoms with E-state index in [2.05, 4.69) is 0 Å². The van der Waals surface area contributed by atoms with Gasteiger partial charge in [-0.05, 0) is 23.6 Å². The van der Waals surface area contributed by atoms with E-state index in [0.717, 1.165) is 17.0 Å². The Kier molecular flexibility index (Phi) is 3.80. The van der Waals surface area contributed by atoms with Crippen LogP contribution in [0.25, 0.3) is 0 Å². The van der Waals surface area contributed by atoms with Gasteiger partial charge in [0.15, 0.2) is 0 Å². The quantitative estimate of drug-likeness (QED) is 0.880. The van der Waals surface area contributed by atoms with E-state index < -0.39 is 23.2 Å². The van der Waals surface area contributed by atoms with Crippen molar-refractivity contribution in [2.24, 2.45) is 0 Å². The first kappa shape index (κ1) is 13.5. The van der Waals surface area contributed by atoms with Crippen molar-refractivity contribution in [3.8, 4) is 0 Å². The van der Waals surface area contributed by atoms with Crippen LogP contribution in [0.3, 0.4) is 0 Å². The standard InChI is InChI=1S/C13H12F2N2OS/c1-17(7-9-3-2-4-19-9)13(18)8-5-10(14)12(16)11(15)6-8/h2-6H,7,16H2,1H3. The van der Waals surface area contributed by atoms with Crippen molar-refractivity contribution < 1.29 is 13.6 Å². The van der Waals surface area contributed by atoms with Crippen molar-refractivity contribution >= 4 is 22.9 Å². The van der Waals surface area contributed by atoms with Gasteiger partial charge < -0.3 is 10.6 Å². The van der Waals surface area contributed by atoms with E-state index in [4.69, 9.17) is 5.73 Å². The van der Waals surface area contributed by atoms with E-state index in [1.54, 1.807) is 7.05 Å². The van der Waals surface area contributed by atoms with Crippen molar-refractivity contribution in [3.63, 3.8) is 0 Å². The number of nitrogen functional groups attached to an aromatic ring is 1. The molecule has 0 unspecified atom stereocenters. The minimum absolute atomic E-state index is 0.0525.